The predicted molar refractivity (Wildman–Crippen MR) is 102 cm³/mol. The van der Waals surface area contributed by atoms with E-state index < -0.39 is 5.92 Å². The minimum atomic E-state index is -0.670. The Kier molecular flexibility index (Phi) is 12.2. The van der Waals surface area contributed by atoms with Gasteiger partial charge in [-0.1, -0.05) is 50.5 Å². The van der Waals surface area contributed by atoms with Gasteiger partial charge in [-0.15, -0.1) is 26.3 Å². The van der Waals surface area contributed by atoms with Crippen molar-refractivity contribution in [2.75, 3.05) is 26.2 Å². The standard InChI is InChI=1S/C20H32N2O2/c1-6-11-12-13-18(19(23)21(14-7-2)15-8-3)20(24)22(16-9-4)17-10-5/h7-10,18H,2-6,11-17H2,1H3. The lowest BCUT2D eigenvalue weighted by Gasteiger charge is -2.29. The summed E-state index contributed by atoms with van der Waals surface area (Å²) in [7, 11) is 0. The van der Waals surface area contributed by atoms with Gasteiger partial charge >= 0.3 is 0 Å². The Morgan fingerprint density at radius 2 is 1.17 bits per heavy atom. The van der Waals surface area contributed by atoms with Crippen molar-refractivity contribution in [3.63, 3.8) is 0 Å². The Labute approximate surface area is 147 Å². The maximum absolute atomic E-state index is 12.9. The quantitative estimate of drug-likeness (QED) is 0.277. The summed E-state index contributed by atoms with van der Waals surface area (Å²) >= 11 is 0. The van der Waals surface area contributed by atoms with E-state index in [1.165, 1.54) is 0 Å². The number of hydrogen-bond donors (Lipinski definition) is 0. The molecule has 4 nitrogen and oxygen atoms in total. The molecule has 0 fully saturated rings. The maximum atomic E-state index is 12.9. The smallest absolute Gasteiger partial charge is 0.235 e. The molecule has 134 valence electrons. The van der Waals surface area contributed by atoms with Crippen LogP contribution in [0.5, 0.6) is 0 Å². The zero-order valence-electron chi connectivity index (χ0n) is 15.1. The topological polar surface area (TPSA) is 40.6 Å². The van der Waals surface area contributed by atoms with Gasteiger partial charge in [0, 0.05) is 26.2 Å². The molecule has 0 unspecified atom stereocenters. The van der Waals surface area contributed by atoms with E-state index in [4.69, 9.17) is 0 Å². The van der Waals surface area contributed by atoms with Gasteiger partial charge in [0.15, 0.2) is 0 Å². The van der Waals surface area contributed by atoms with E-state index in [9.17, 15) is 9.59 Å². The van der Waals surface area contributed by atoms with Gasteiger partial charge in [0.05, 0.1) is 0 Å². The highest BCUT2D eigenvalue weighted by Gasteiger charge is 2.32. The Bertz CT molecular complexity index is 387. The van der Waals surface area contributed by atoms with Crippen molar-refractivity contribution in [1.29, 1.82) is 0 Å². The maximum Gasteiger partial charge on any atom is 0.235 e. The average molecular weight is 332 g/mol. The molecule has 0 saturated carbocycles. The molecule has 0 aromatic rings. The van der Waals surface area contributed by atoms with Gasteiger partial charge in [-0.05, 0) is 6.42 Å². The van der Waals surface area contributed by atoms with Crippen molar-refractivity contribution in [2.45, 2.75) is 32.6 Å². The van der Waals surface area contributed by atoms with Crippen LogP contribution in [0.2, 0.25) is 0 Å². The molecule has 2 amide bonds. The summed E-state index contributed by atoms with van der Waals surface area (Å²) in [6.07, 6.45) is 10.1. The number of rotatable bonds is 14. The zero-order chi connectivity index (χ0) is 18.4. The first-order chi connectivity index (χ1) is 11.6. The molecule has 0 aromatic carbocycles. The number of nitrogens with zero attached hydrogens (tertiary/aromatic N) is 2. The van der Waals surface area contributed by atoms with Crippen LogP contribution in [0.1, 0.15) is 32.6 Å². The van der Waals surface area contributed by atoms with Gasteiger partial charge in [0.25, 0.3) is 0 Å². The summed E-state index contributed by atoms with van der Waals surface area (Å²) in [6, 6.07) is 0. The molecule has 0 radical (unpaired) electrons. The zero-order valence-corrected chi connectivity index (χ0v) is 15.1. The van der Waals surface area contributed by atoms with Crippen molar-refractivity contribution in [1.82, 2.24) is 9.80 Å². The molecule has 0 aliphatic heterocycles. The summed E-state index contributed by atoms with van der Waals surface area (Å²) in [4.78, 5) is 29.0. The molecule has 0 aliphatic carbocycles. The third kappa shape index (κ3) is 7.44. The van der Waals surface area contributed by atoms with Crippen molar-refractivity contribution in [3.8, 4) is 0 Å². The lowest BCUT2D eigenvalue weighted by atomic mass is 9.97. The van der Waals surface area contributed by atoms with Crippen LogP contribution < -0.4 is 0 Å². The van der Waals surface area contributed by atoms with Crippen molar-refractivity contribution < 1.29 is 9.59 Å². The Balaban J connectivity index is 5.36. The van der Waals surface area contributed by atoms with Crippen LogP contribution in [0.4, 0.5) is 0 Å². The minimum absolute atomic E-state index is 0.158. The lowest BCUT2D eigenvalue weighted by Crippen LogP contribution is -2.45. The minimum Gasteiger partial charge on any atom is -0.335 e. The molecule has 0 rings (SSSR count). The van der Waals surface area contributed by atoms with Gasteiger partial charge in [-0.25, -0.2) is 0 Å². The number of hydrogen-bond acceptors (Lipinski definition) is 2. The molecule has 0 spiro atoms. The SMILES string of the molecule is C=CCN(CC=C)C(=O)C(CCCCC)C(=O)N(CC=C)CC=C. The van der Waals surface area contributed by atoms with Crippen molar-refractivity contribution in [2.24, 2.45) is 5.92 Å². The Morgan fingerprint density at radius 1 is 0.792 bits per heavy atom. The molecule has 24 heavy (non-hydrogen) atoms. The molecule has 0 saturated heterocycles. The lowest BCUT2D eigenvalue weighted by molar-refractivity contribution is -0.146. The highest BCUT2D eigenvalue weighted by molar-refractivity contribution is 6.00. The molecule has 0 bridgehead atoms. The van der Waals surface area contributed by atoms with E-state index in [1.807, 2.05) is 0 Å². The Morgan fingerprint density at radius 3 is 1.46 bits per heavy atom. The van der Waals surface area contributed by atoms with Crippen LogP contribution in [0.3, 0.4) is 0 Å². The summed E-state index contributed by atoms with van der Waals surface area (Å²) in [5.41, 5.74) is 0. The first-order valence-corrected chi connectivity index (χ1v) is 8.58. The second-order valence-electron chi connectivity index (χ2n) is 5.69. The summed E-state index contributed by atoms with van der Waals surface area (Å²) in [6.45, 7) is 18.5. The number of carbonyl (C=O) groups is 2. The molecule has 0 aromatic heterocycles. The molecule has 0 aliphatic rings. The first kappa shape index (κ1) is 21.9. The van der Waals surface area contributed by atoms with E-state index in [-0.39, 0.29) is 11.8 Å². The Hall–Kier alpha value is -2.10. The number of unbranched alkanes of at least 4 members (excludes halogenated alkanes) is 2. The largest absolute Gasteiger partial charge is 0.335 e. The monoisotopic (exact) mass is 332 g/mol. The first-order valence-electron chi connectivity index (χ1n) is 8.58. The van der Waals surface area contributed by atoms with Gasteiger partial charge < -0.3 is 9.80 Å². The van der Waals surface area contributed by atoms with Gasteiger partial charge in [0.1, 0.15) is 5.92 Å². The van der Waals surface area contributed by atoms with Crippen molar-refractivity contribution >= 4 is 11.8 Å². The summed E-state index contributed by atoms with van der Waals surface area (Å²) < 4.78 is 0. The van der Waals surface area contributed by atoms with Crippen molar-refractivity contribution in [3.05, 3.63) is 50.6 Å². The van der Waals surface area contributed by atoms with Crippen LogP contribution >= 0.6 is 0 Å². The molecular weight excluding hydrogens is 300 g/mol. The highest BCUT2D eigenvalue weighted by Crippen LogP contribution is 2.17. The molecule has 0 heterocycles. The van der Waals surface area contributed by atoms with Gasteiger partial charge in [-0.2, -0.15) is 0 Å². The highest BCUT2D eigenvalue weighted by atomic mass is 16.2. The summed E-state index contributed by atoms with van der Waals surface area (Å²) in [5.74, 6) is -0.987. The fraction of sp³-hybridized carbons (Fsp3) is 0.500. The second-order valence-corrected chi connectivity index (χ2v) is 5.69. The fourth-order valence-electron chi connectivity index (χ4n) is 2.52. The van der Waals surface area contributed by atoms with Crippen LogP contribution in [0.15, 0.2) is 50.6 Å². The number of carbonyl (C=O) groups excluding carboxylic acids is 2. The van der Waals surface area contributed by atoms with Crippen LogP contribution in [0.25, 0.3) is 0 Å². The second kappa shape index (κ2) is 13.3. The predicted octanol–water partition coefficient (Wildman–Crippen LogP) is 3.58. The van der Waals surface area contributed by atoms with Gasteiger partial charge in [0.2, 0.25) is 11.8 Å². The average Bonchev–Trinajstić information content (AvgIpc) is 2.57. The fourth-order valence-corrected chi connectivity index (χ4v) is 2.52. The van der Waals surface area contributed by atoms with Crippen LogP contribution in [0, 0.1) is 5.92 Å². The van der Waals surface area contributed by atoms with Gasteiger partial charge in [-0.3, -0.25) is 9.59 Å². The van der Waals surface area contributed by atoms with Crippen LogP contribution in [-0.2, 0) is 9.59 Å². The summed E-state index contributed by atoms with van der Waals surface area (Å²) in [5, 5.41) is 0. The van der Waals surface area contributed by atoms with E-state index >= 15 is 0 Å². The molecule has 0 atom stereocenters. The van der Waals surface area contributed by atoms with E-state index in [1.54, 1.807) is 34.1 Å². The van der Waals surface area contributed by atoms with E-state index in [0.717, 1.165) is 19.3 Å². The number of amides is 2. The normalized spacial score (nSPS) is 10.1. The third-order valence-electron chi connectivity index (χ3n) is 3.71. The van der Waals surface area contributed by atoms with E-state index in [2.05, 4.69) is 33.2 Å². The van der Waals surface area contributed by atoms with Crippen LogP contribution in [-0.4, -0.2) is 47.8 Å². The molecule has 4 heteroatoms. The van der Waals surface area contributed by atoms with E-state index in [0.29, 0.717) is 32.6 Å². The third-order valence-corrected chi connectivity index (χ3v) is 3.71. The molecular formula is C20H32N2O2. The molecule has 0 N–H and O–H groups in total.